The van der Waals surface area contributed by atoms with E-state index >= 15 is 0 Å². The van der Waals surface area contributed by atoms with Crippen molar-refractivity contribution in [2.24, 2.45) is 4.99 Å². The molecule has 6 heteroatoms. The Hall–Kier alpha value is -1.15. The van der Waals surface area contributed by atoms with Crippen LogP contribution >= 0.6 is 35.3 Å². The monoisotopic (exact) mass is 473 g/mol. The standard InChI is InChI=1S/C19H24FN3S.HI/c1-21-18(23(2)12-9-17-4-3-13-24-17)22-14-19(10-11-19)15-5-7-16(20)8-6-15;/h3-8,13H,9-12,14H2,1-2H3,(H,21,22);1H. The summed E-state index contributed by atoms with van der Waals surface area (Å²) in [4.78, 5) is 7.96. The van der Waals surface area contributed by atoms with Crippen molar-refractivity contribution in [3.63, 3.8) is 0 Å². The summed E-state index contributed by atoms with van der Waals surface area (Å²) in [6, 6.07) is 11.2. The number of likely N-dealkylation sites (N-methyl/N-ethyl adjacent to an activating group) is 1. The molecule has 136 valence electrons. The molecule has 25 heavy (non-hydrogen) atoms. The van der Waals surface area contributed by atoms with Gasteiger partial charge in [-0.05, 0) is 48.4 Å². The number of hydrogen-bond acceptors (Lipinski definition) is 2. The minimum absolute atomic E-state index is 0. The van der Waals surface area contributed by atoms with E-state index in [9.17, 15) is 4.39 Å². The van der Waals surface area contributed by atoms with Gasteiger partial charge in [-0.3, -0.25) is 4.99 Å². The number of nitrogens with zero attached hydrogens (tertiary/aromatic N) is 2. The lowest BCUT2D eigenvalue weighted by Crippen LogP contribution is -2.43. The number of guanidine groups is 1. The van der Waals surface area contributed by atoms with Gasteiger partial charge in [-0.1, -0.05) is 18.2 Å². The quantitative estimate of drug-likeness (QED) is 0.385. The Morgan fingerprint density at radius 2 is 2.00 bits per heavy atom. The van der Waals surface area contributed by atoms with Crippen molar-refractivity contribution >= 4 is 41.3 Å². The van der Waals surface area contributed by atoms with Crippen LogP contribution in [-0.2, 0) is 11.8 Å². The second-order valence-corrected chi connectivity index (χ2v) is 7.47. The lowest BCUT2D eigenvalue weighted by atomic mass is 9.96. The van der Waals surface area contributed by atoms with Crippen molar-refractivity contribution in [2.45, 2.75) is 24.7 Å². The second kappa shape index (κ2) is 8.98. The number of benzene rings is 1. The van der Waals surface area contributed by atoms with Gasteiger partial charge >= 0.3 is 0 Å². The van der Waals surface area contributed by atoms with Crippen LogP contribution < -0.4 is 5.32 Å². The molecule has 1 fully saturated rings. The van der Waals surface area contributed by atoms with E-state index in [-0.39, 0.29) is 35.2 Å². The van der Waals surface area contributed by atoms with Crippen molar-refractivity contribution in [1.82, 2.24) is 10.2 Å². The minimum Gasteiger partial charge on any atom is -0.355 e. The van der Waals surface area contributed by atoms with Crippen LogP contribution in [0.25, 0.3) is 0 Å². The molecule has 1 saturated carbocycles. The topological polar surface area (TPSA) is 27.6 Å². The lowest BCUT2D eigenvalue weighted by molar-refractivity contribution is 0.479. The van der Waals surface area contributed by atoms with Crippen LogP contribution in [0.15, 0.2) is 46.8 Å². The molecule has 3 nitrogen and oxygen atoms in total. The molecule has 2 aromatic rings. The molecular weight excluding hydrogens is 448 g/mol. The highest BCUT2D eigenvalue weighted by molar-refractivity contribution is 14.0. The molecule has 1 aromatic carbocycles. The molecule has 0 amide bonds. The van der Waals surface area contributed by atoms with Gasteiger partial charge in [-0.2, -0.15) is 0 Å². The molecule has 1 N–H and O–H groups in total. The fourth-order valence-electron chi connectivity index (χ4n) is 2.99. The van der Waals surface area contributed by atoms with Gasteiger partial charge in [0.25, 0.3) is 0 Å². The van der Waals surface area contributed by atoms with E-state index < -0.39 is 0 Å². The molecule has 1 aromatic heterocycles. The zero-order chi connectivity index (χ0) is 17.0. The molecule has 1 heterocycles. The fourth-order valence-corrected chi connectivity index (χ4v) is 3.69. The Balaban J connectivity index is 0.00000225. The summed E-state index contributed by atoms with van der Waals surface area (Å²) in [6.45, 7) is 1.78. The van der Waals surface area contributed by atoms with Crippen molar-refractivity contribution in [3.05, 3.63) is 58.0 Å². The molecule has 0 aliphatic heterocycles. The SMILES string of the molecule is CN=C(NCC1(c2ccc(F)cc2)CC1)N(C)CCc1cccs1.I. The zero-order valence-electron chi connectivity index (χ0n) is 14.7. The third kappa shape index (κ3) is 5.17. The summed E-state index contributed by atoms with van der Waals surface area (Å²) in [7, 11) is 3.89. The van der Waals surface area contributed by atoms with Crippen LogP contribution in [0.1, 0.15) is 23.3 Å². The Morgan fingerprint density at radius 1 is 1.28 bits per heavy atom. The smallest absolute Gasteiger partial charge is 0.193 e. The highest BCUT2D eigenvalue weighted by atomic mass is 127. The van der Waals surface area contributed by atoms with Gasteiger partial charge in [-0.25, -0.2) is 4.39 Å². The normalized spacial score (nSPS) is 15.4. The largest absolute Gasteiger partial charge is 0.355 e. The van der Waals surface area contributed by atoms with Crippen LogP contribution in [0.4, 0.5) is 4.39 Å². The van der Waals surface area contributed by atoms with Gasteiger partial charge in [0.2, 0.25) is 0 Å². The number of aliphatic imine (C=N–C) groups is 1. The Bertz CT molecular complexity index is 681. The van der Waals surface area contributed by atoms with Crippen molar-refractivity contribution in [2.75, 3.05) is 27.2 Å². The van der Waals surface area contributed by atoms with Crippen molar-refractivity contribution in [3.8, 4) is 0 Å². The molecule has 0 unspecified atom stereocenters. The number of hydrogen-bond donors (Lipinski definition) is 1. The van der Waals surface area contributed by atoms with Gasteiger partial charge in [0, 0.05) is 37.5 Å². The number of thiophene rings is 1. The fraction of sp³-hybridized carbons (Fsp3) is 0.421. The summed E-state index contributed by atoms with van der Waals surface area (Å²) < 4.78 is 13.1. The van der Waals surface area contributed by atoms with E-state index in [1.165, 1.54) is 10.4 Å². The molecule has 3 rings (SSSR count). The Labute approximate surface area is 170 Å². The molecule has 0 radical (unpaired) electrons. The van der Waals surface area contributed by atoms with Gasteiger partial charge in [0.15, 0.2) is 5.96 Å². The minimum atomic E-state index is -0.174. The van der Waals surface area contributed by atoms with Crippen LogP contribution in [0.3, 0.4) is 0 Å². The maximum Gasteiger partial charge on any atom is 0.193 e. The average Bonchev–Trinajstić information content (AvgIpc) is 3.19. The maximum atomic E-state index is 13.1. The maximum absolute atomic E-state index is 13.1. The van der Waals surface area contributed by atoms with E-state index in [1.807, 2.05) is 19.2 Å². The number of rotatable bonds is 6. The van der Waals surface area contributed by atoms with Crippen LogP contribution in [0.2, 0.25) is 0 Å². The predicted octanol–water partition coefficient (Wildman–Crippen LogP) is 4.29. The first-order valence-electron chi connectivity index (χ1n) is 8.33. The highest BCUT2D eigenvalue weighted by Gasteiger charge is 2.44. The molecule has 0 saturated heterocycles. The zero-order valence-corrected chi connectivity index (χ0v) is 17.8. The Kier molecular flexibility index (Phi) is 7.25. The van der Waals surface area contributed by atoms with E-state index in [2.05, 4.69) is 39.8 Å². The third-order valence-electron chi connectivity index (χ3n) is 4.74. The summed E-state index contributed by atoms with van der Waals surface area (Å²) in [5, 5.41) is 5.61. The first-order valence-corrected chi connectivity index (χ1v) is 9.21. The molecular formula is C19H25FIN3S. The predicted molar refractivity (Wildman–Crippen MR) is 115 cm³/mol. The van der Waals surface area contributed by atoms with Gasteiger partial charge in [0.05, 0.1) is 0 Å². The third-order valence-corrected chi connectivity index (χ3v) is 5.68. The van der Waals surface area contributed by atoms with Gasteiger partial charge in [0.1, 0.15) is 5.82 Å². The van der Waals surface area contributed by atoms with Gasteiger partial charge in [-0.15, -0.1) is 35.3 Å². The molecule has 1 aliphatic carbocycles. The average molecular weight is 473 g/mol. The molecule has 0 bridgehead atoms. The van der Waals surface area contributed by atoms with Crippen molar-refractivity contribution in [1.29, 1.82) is 0 Å². The second-order valence-electron chi connectivity index (χ2n) is 6.44. The summed E-state index contributed by atoms with van der Waals surface area (Å²) in [6.07, 6.45) is 3.31. The first kappa shape index (κ1) is 20.2. The van der Waals surface area contributed by atoms with E-state index in [1.54, 1.807) is 23.5 Å². The van der Waals surface area contributed by atoms with E-state index in [4.69, 9.17) is 0 Å². The Morgan fingerprint density at radius 3 is 2.56 bits per heavy atom. The highest BCUT2D eigenvalue weighted by Crippen LogP contribution is 2.47. The summed E-state index contributed by atoms with van der Waals surface area (Å²) in [5.74, 6) is 0.742. The lowest BCUT2D eigenvalue weighted by Gasteiger charge is -2.24. The van der Waals surface area contributed by atoms with E-state index in [0.717, 1.165) is 38.3 Å². The summed E-state index contributed by atoms with van der Waals surface area (Å²) in [5.41, 5.74) is 1.35. The first-order chi connectivity index (χ1) is 11.6. The number of nitrogens with one attached hydrogen (secondary N) is 1. The van der Waals surface area contributed by atoms with E-state index in [0.29, 0.717) is 0 Å². The van der Waals surface area contributed by atoms with Crippen molar-refractivity contribution < 1.29 is 4.39 Å². The van der Waals surface area contributed by atoms with Gasteiger partial charge < -0.3 is 10.2 Å². The number of halogens is 2. The molecule has 1 aliphatic rings. The van der Waals surface area contributed by atoms with Crippen LogP contribution in [0.5, 0.6) is 0 Å². The molecule has 0 spiro atoms. The van der Waals surface area contributed by atoms with Crippen LogP contribution in [-0.4, -0.2) is 38.0 Å². The molecule has 0 atom stereocenters. The van der Waals surface area contributed by atoms with Crippen LogP contribution in [0, 0.1) is 5.82 Å². The summed E-state index contributed by atoms with van der Waals surface area (Å²) >= 11 is 1.79.